The van der Waals surface area contributed by atoms with Crippen molar-refractivity contribution in [3.05, 3.63) is 89.4 Å². The largest absolute Gasteiger partial charge is 0.479 e. The third-order valence-electron chi connectivity index (χ3n) is 9.44. The summed E-state index contributed by atoms with van der Waals surface area (Å²) < 4.78 is 50.2. The van der Waals surface area contributed by atoms with E-state index in [1.54, 1.807) is 37.8 Å². The number of fused-ring (bicyclic) bond motifs is 8. The second-order valence-electron chi connectivity index (χ2n) is 13.9. The summed E-state index contributed by atoms with van der Waals surface area (Å²) in [7, 11) is 1.74. The summed E-state index contributed by atoms with van der Waals surface area (Å²) in [6.45, 7) is 10.3. The lowest BCUT2D eigenvalue weighted by atomic mass is 9.75. The van der Waals surface area contributed by atoms with E-state index in [0.29, 0.717) is 41.5 Å². The molecule has 4 bridgehead atoms. The summed E-state index contributed by atoms with van der Waals surface area (Å²) in [5.41, 5.74) is 1.91. The molecule has 264 valence electrons. The van der Waals surface area contributed by atoms with Gasteiger partial charge in [0.1, 0.15) is 17.3 Å². The van der Waals surface area contributed by atoms with E-state index in [1.807, 2.05) is 42.1 Å². The Morgan fingerprint density at radius 3 is 2.72 bits per heavy atom. The van der Waals surface area contributed by atoms with Crippen molar-refractivity contribution in [2.45, 2.75) is 71.8 Å². The Labute approximate surface area is 295 Å². The summed E-state index contributed by atoms with van der Waals surface area (Å²) >= 11 is 1.84. The second-order valence-corrected chi connectivity index (χ2v) is 15.0. The first kappa shape index (κ1) is 35.4. The number of halogens is 2. The molecule has 0 aliphatic carbocycles. The highest BCUT2D eigenvalue weighted by molar-refractivity contribution is 7.99. The molecule has 2 aromatic heterocycles. The molecule has 0 spiro atoms. The van der Waals surface area contributed by atoms with Gasteiger partial charge in [-0.25, -0.2) is 23.2 Å². The monoisotopic (exact) mass is 702 g/mol. The maximum Gasteiger partial charge on any atom is 0.347 e. The first-order chi connectivity index (χ1) is 23.9. The van der Waals surface area contributed by atoms with E-state index in [9.17, 15) is 4.79 Å². The fraction of sp³-hybridized carbons (Fsp3) is 0.410. The Morgan fingerprint density at radius 1 is 1.10 bits per heavy atom. The summed E-state index contributed by atoms with van der Waals surface area (Å²) in [6.07, 6.45) is 4.15. The Hall–Kier alpha value is -4.38. The van der Waals surface area contributed by atoms with Crippen molar-refractivity contribution in [2.24, 2.45) is 12.5 Å². The standard InChI is InChI=1S/C39H44F2N4O4S/c1-7-47-36(46)24(2)48-26-11-8-10-25(20-26)39(5)17-9-16-38(3,4)23-50-19-15-29-28-14-18-42-33(28)22-32(41)34(29)49-27-12-13-31(40)30(21-27)35-43-37(39)44-45(35)6/h8,10-14,18,20-22,24,42H,7,9,15-17,19,23H2,1-6H3. The summed E-state index contributed by atoms with van der Waals surface area (Å²) in [5, 5.41) is 5.77. The number of nitrogens with one attached hydrogen (secondary N) is 1. The topological polar surface area (TPSA) is 91.3 Å². The third-order valence-corrected chi connectivity index (χ3v) is 10.9. The quantitative estimate of drug-likeness (QED) is 0.183. The molecule has 5 aromatic rings. The minimum atomic E-state index is -0.784. The number of esters is 1. The van der Waals surface area contributed by atoms with E-state index in [2.05, 4.69) is 25.8 Å². The van der Waals surface area contributed by atoms with E-state index in [1.165, 1.54) is 18.2 Å². The molecular formula is C39H44F2N4O4S. The van der Waals surface area contributed by atoms with E-state index in [0.717, 1.165) is 40.9 Å². The smallest absolute Gasteiger partial charge is 0.347 e. The number of thioether (sulfide) groups is 1. The molecule has 0 saturated carbocycles. The lowest BCUT2D eigenvalue weighted by molar-refractivity contribution is -0.150. The zero-order valence-corrected chi connectivity index (χ0v) is 30.3. The molecule has 8 nitrogen and oxygen atoms in total. The number of carbonyl (C=O) groups is 1. The number of hydrogen-bond donors (Lipinski definition) is 1. The number of carbonyl (C=O) groups excluding carboxylic acids is 1. The molecule has 11 heteroatoms. The van der Waals surface area contributed by atoms with Gasteiger partial charge in [0.15, 0.2) is 29.3 Å². The molecule has 6 rings (SSSR count). The maximum atomic E-state index is 15.7. The molecule has 2 unspecified atom stereocenters. The SMILES string of the molecule is CCOC(=O)C(C)Oc1cccc(C2(C)CCCC(C)(C)CSCCc3c(c(F)cc4[nH]ccc34)Oc3ccc(F)c(c3)-c3nc2nn3C)c1. The number of hydrogen-bond acceptors (Lipinski definition) is 7. The molecule has 1 aliphatic heterocycles. The number of benzene rings is 3. The number of aryl methyl sites for hydroxylation is 2. The van der Waals surface area contributed by atoms with Gasteiger partial charge in [0.05, 0.1) is 17.6 Å². The predicted molar refractivity (Wildman–Crippen MR) is 193 cm³/mol. The lowest BCUT2D eigenvalue weighted by Crippen LogP contribution is -2.28. The van der Waals surface area contributed by atoms with Crippen LogP contribution in [0.1, 0.15) is 70.8 Å². The molecule has 1 aliphatic rings. The van der Waals surface area contributed by atoms with Gasteiger partial charge in [0.25, 0.3) is 0 Å². The van der Waals surface area contributed by atoms with E-state index in [4.69, 9.17) is 24.3 Å². The van der Waals surface area contributed by atoms with Crippen LogP contribution in [0.15, 0.2) is 60.8 Å². The Morgan fingerprint density at radius 2 is 1.92 bits per heavy atom. The molecule has 3 aromatic carbocycles. The second kappa shape index (κ2) is 14.5. The highest BCUT2D eigenvalue weighted by Gasteiger charge is 2.36. The van der Waals surface area contributed by atoms with Crippen molar-refractivity contribution in [3.63, 3.8) is 0 Å². The van der Waals surface area contributed by atoms with E-state index < -0.39 is 29.1 Å². The van der Waals surface area contributed by atoms with Crippen molar-refractivity contribution >= 4 is 28.6 Å². The number of H-pyrrole nitrogens is 1. The number of ether oxygens (including phenoxy) is 3. The van der Waals surface area contributed by atoms with Crippen molar-refractivity contribution in [2.75, 3.05) is 18.1 Å². The van der Waals surface area contributed by atoms with Crippen LogP contribution in [0, 0.1) is 17.0 Å². The highest BCUT2D eigenvalue weighted by Crippen LogP contribution is 2.41. The summed E-state index contributed by atoms with van der Waals surface area (Å²) in [4.78, 5) is 20.4. The van der Waals surface area contributed by atoms with Gasteiger partial charge in [0, 0.05) is 35.8 Å². The summed E-state index contributed by atoms with van der Waals surface area (Å²) in [6, 6.07) is 15.4. The zero-order valence-electron chi connectivity index (χ0n) is 29.4. The molecule has 0 amide bonds. The Kier molecular flexibility index (Phi) is 10.3. The van der Waals surface area contributed by atoms with Gasteiger partial charge in [-0.3, -0.25) is 0 Å². The fourth-order valence-corrected chi connectivity index (χ4v) is 7.81. The lowest BCUT2D eigenvalue weighted by Gasteiger charge is -2.31. The Bertz CT molecular complexity index is 2010. The van der Waals surface area contributed by atoms with Gasteiger partial charge < -0.3 is 19.2 Å². The van der Waals surface area contributed by atoms with Crippen LogP contribution in [0.25, 0.3) is 22.3 Å². The van der Waals surface area contributed by atoms with Crippen LogP contribution in [0.2, 0.25) is 0 Å². The average molecular weight is 703 g/mol. The number of rotatable bonds is 5. The van der Waals surface area contributed by atoms with Gasteiger partial charge in [-0.2, -0.15) is 16.9 Å². The van der Waals surface area contributed by atoms with Crippen LogP contribution in [-0.4, -0.2) is 49.9 Å². The molecule has 3 heterocycles. The van der Waals surface area contributed by atoms with Crippen LogP contribution >= 0.6 is 11.8 Å². The minimum absolute atomic E-state index is 0.0188. The van der Waals surface area contributed by atoms with Gasteiger partial charge in [0.2, 0.25) is 0 Å². The molecule has 0 radical (unpaired) electrons. The first-order valence-corrected chi connectivity index (χ1v) is 18.2. The van der Waals surface area contributed by atoms with Crippen molar-refractivity contribution in [3.8, 4) is 28.6 Å². The highest BCUT2D eigenvalue weighted by atomic mass is 32.2. The average Bonchev–Trinajstić information content (AvgIpc) is 3.71. The van der Waals surface area contributed by atoms with Crippen LogP contribution in [0.3, 0.4) is 0 Å². The molecule has 0 saturated heterocycles. The maximum absolute atomic E-state index is 15.7. The van der Waals surface area contributed by atoms with Gasteiger partial charge >= 0.3 is 5.97 Å². The molecule has 50 heavy (non-hydrogen) atoms. The van der Waals surface area contributed by atoms with Gasteiger partial charge in [-0.1, -0.05) is 32.4 Å². The van der Waals surface area contributed by atoms with Crippen molar-refractivity contribution < 1.29 is 27.8 Å². The predicted octanol–water partition coefficient (Wildman–Crippen LogP) is 9.16. The van der Waals surface area contributed by atoms with Crippen molar-refractivity contribution in [1.29, 1.82) is 0 Å². The minimum Gasteiger partial charge on any atom is -0.479 e. The zero-order chi connectivity index (χ0) is 35.6. The normalized spacial score (nSPS) is 18.7. The van der Waals surface area contributed by atoms with Crippen LogP contribution in [-0.2, 0) is 28.4 Å². The van der Waals surface area contributed by atoms with E-state index in [-0.39, 0.29) is 23.3 Å². The molecule has 0 fully saturated rings. The molecule has 2 atom stereocenters. The summed E-state index contributed by atoms with van der Waals surface area (Å²) in [5.74, 6) is 2.08. The number of aromatic nitrogens is 4. The van der Waals surface area contributed by atoms with Crippen LogP contribution < -0.4 is 9.47 Å². The van der Waals surface area contributed by atoms with Gasteiger partial charge in [-0.15, -0.1) is 0 Å². The first-order valence-electron chi connectivity index (χ1n) is 17.1. The third kappa shape index (κ3) is 7.38. The van der Waals surface area contributed by atoms with Gasteiger partial charge in [-0.05, 0) is 98.9 Å². The van der Waals surface area contributed by atoms with Crippen LogP contribution in [0.4, 0.5) is 8.78 Å². The molecular weight excluding hydrogens is 659 g/mol. The van der Waals surface area contributed by atoms with E-state index >= 15 is 8.78 Å². The van der Waals surface area contributed by atoms with Crippen molar-refractivity contribution in [1.82, 2.24) is 19.7 Å². The Balaban J connectivity index is 1.44. The number of nitrogens with zero attached hydrogens (tertiary/aromatic N) is 3. The molecule has 1 N–H and O–H groups in total. The van der Waals surface area contributed by atoms with Crippen LogP contribution in [0.5, 0.6) is 17.2 Å². The fourth-order valence-electron chi connectivity index (χ4n) is 6.62. The number of aromatic amines is 1.